The van der Waals surface area contributed by atoms with Gasteiger partial charge in [0.25, 0.3) is 8.32 Å². The summed E-state index contributed by atoms with van der Waals surface area (Å²) in [6, 6.07) is 33.0. The van der Waals surface area contributed by atoms with Gasteiger partial charge in [0.2, 0.25) is 0 Å². The van der Waals surface area contributed by atoms with Crippen LogP contribution in [0.5, 0.6) is 0 Å². The van der Waals surface area contributed by atoms with Crippen LogP contribution in [-0.4, -0.2) is 32.1 Å². The molecule has 4 heteroatoms. The minimum Gasteiger partial charge on any atom is -0.407 e. The molecule has 0 amide bonds. The Labute approximate surface area is 218 Å². The number of rotatable bonds is 10. The van der Waals surface area contributed by atoms with Crippen LogP contribution >= 0.6 is 0 Å². The lowest BCUT2D eigenvalue weighted by Gasteiger charge is -2.44. The number of nitrogens with zero attached hydrogens (tertiary/aromatic N) is 1. The van der Waals surface area contributed by atoms with E-state index < -0.39 is 8.32 Å². The fraction of sp³-hybridized carbons (Fsp3) is 0.375. The molecule has 1 atom stereocenters. The zero-order valence-corrected chi connectivity index (χ0v) is 23.8. The smallest absolute Gasteiger partial charge is 0.261 e. The second-order valence-electron chi connectivity index (χ2n) is 11.9. The van der Waals surface area contributed by atoms with Crippen molar-refractivity contribution in [3.8, 4) is 0 Å². The van der Waals surface area contributed by atoms with Gasteiger partial charge in [-0.25, -0.2) is 0 Å². The molecule has 4 aromatic rings. The van der Waals surface area contributed by atoms with E-state index in [0.29, 0.717) is 12.6 Å². The van der Waals surface area contributed by atoms with Crippen LogP contribution in [0.25, 0.3) is 10.9 Å². The van der Waals surface area contributed by atoms with Crippen LogP contribution in [0, 0.1) is 5.41 Å². The highest BCUT2D eigenvalue weighted by molar-refractivity contribution is 6.99. The van der Waals surface area contributed by atoms with E-state index >= 15 is 0 Å². The maximum absolute atomic E-state index is 7.22. The third-order valence-corrected chi connectivity index (χ3v) is 12.2. The molecule has 0 bridgehead atoms. The average Bonchev–Trinajstić information content (AvgIpc) is 3.26. The van der Waals surface area contributed by atoms with Crippen molar-refractivity contribution in [1.82, 2.24) is 9.88 Å². The number of aromatic nitrogens is 1. The predicted octanol–water partition coefficient (Wildman–Crippen LogP) is 6.22. The van der Waals surface area contributed by atoms with Gasteiger partial charge in [-0.3, -0.25) is 0 Å². The second-order valence-corrected chi connectivity index (χ2v) is 16.2. The van der Waals surface area contributed by atoms with Crippen molar-refractivity contribution >= 4 is 29.6 Å². The molecule has 0 saturated heterocycles. The molecule has 1 heterocycles. The minimum absolute atomic E-state index is 0.0119. The minimum atomic E-state index is -2.53. The van der Waals surface area contributed by atoms with Gasteiger partial charge in [0, 0.05) is 37.5 Å². The monoisotopic (exact) mass is 498 g/mol. The first kappa shape index (κ1) is 26.4. The van der Waals surface area contributed by atoms with E-state index in [2.05, 4.69) is 149 Å². The van der Waals surface area contributed by atoms with Crippen LogP contribution in [0.4, 0.5) is 0 Å². The molecule has 0 saturated carbocycles. The maximum atomic E-state index is 7.22. The maximum Gasteiger partial charge on any atom is 0.261 e. The van der Waals surface area contributed by atoms with Crippen molar-refractivity contribution in [2.24, 2.45) is 5.41 Å². The molecule has 0 radical (unpaired) electrons. The van der Waals surface area contributed by atoms with Gasteiger partial charge >= 0.3 is 0 Å². The molecule has 3 nitrogen and oxygen atoms in total. The topological polar surface area (TPSA) is 26.2 Å². The summed E-state index contributed by atoms with van der Waals surface area (Å²) in [5.41, 5.74) is 1.28. The first-order valence-corrected chi connectivity index (χ1v) is 15.1. The van der Waals surface area contributed by atoms with Gasteiger partial charge in [0.05, 0.1) is 0 Å². The number of fused-ring (bicyclic) bond motifs is 1. The third-order valence-electron chi connectivity index (χ3n) is 7.18. The lowest BCUT2D eigenvalue weighted by molar-refractivity contribution is 0.162. The molecule has 3 aromatic carbocycles. The molecule has 0 fully saturated rings. The Kier molecular flexibility index (Phi) is 7.89. The van der Waals surface area contributed by atoms with Crippen molar-refractivity contribution in [1.29, 1.82) is 0 Å². The van der Waals surface area contributed by atoms with Crippen molar-refractivity contribution in [2.75, 3.05) is 13.2 Å². The van der Waals surface area contributed by atoms with Gasteiger partial charge in [-0.1, -0.05) is 113 Å². The molecule has 1 aromatic heterocycles. The Morgan fingerprint density at radius 1 is 0.778 bits per heavy atom. The molecule has 36 heavy (non-hydrogen) atoms. The number of para-hydroxylation sites is 1. The summed E-state index contributed by atoms with van der Waals surface area (Å²) in [6.07, 6.45) is 2.19. The summed E-state index contributed by atoms with van der Waals surface area (Å²) < 4.78 is 9.57. The van der Waals surface area contributed by atoms with Crippen molar-refractivity contribution in [3.63, 3.8) is 0 Å². The zero-order chi connectivity index (χ0) is 25.8. The van der Waals surface area contributed by atoms with Gasteiger partial charge in [-0.05, 0) is 45.3 Å². The van der Waals surface area contributed by atoms with Crippen LogP contribution in [0.15, 0.2) is 97.2 Å². The normalized spacial score (nSPS) is 13.7. The predicted molar refractivity (Wildman–Crippen MR) is 157 cm³/mol. The fourth-order valence-corrected chi connectivity index (χ4v) is 9.99. The molecule has 0 aliphatic heterocycles. The van der Waals surface area contributed by atoms with Crippen molar-refractivity contribution < 1.29 is 4.43 Å². The first-order chi connectivity index (χ1) is 17.1. The van der Waals surface area contributed by atoms with Crippen LogP contribution < -0.4 is 15.7 Å². The van der Waals surface area contributed by atoms with Crippen LogP contribution in [0.1, 0.15) is 41.5 Å². The van der Waals surface area contributed by atoms with Crippen LogP contribution in [-0.2, 0) is 11.0 Å². The summed E-state index contributed by atoms with van der Waals surface area (Å²) >= 11 is 0. The van der Waals surface area contributed by atoms with E-state index in [1.54, 1.807) is 0 Å². The van der Waals surface area contributed by atoms with Gasteiger partial charge in [0.1, 0.15) is 0 Å². The Balaban J connectivity index is 1.49. The summed E-state index contributed by atoms with van der Waals surface area (Å²) in [5.74, 6) is 0. The standard InChI is InChI=1S/C32H42N2OSi/c1-26(23-34-22-21-27-15-13-14-20-30(27)34)33-24-32(5,6)25-35-36(31(2,3)4,28-16-9-7-10-17-28)29-18-11-8-12-19-29/h7-22,26,33H,23-25H2,1-6H3/t26-/m1/s1. The van der Waals surface area contributed by atoms with E-state index in [1.165, 1.54) is 21.3 Å². The Bertz CT molecular complexity index is 1200. The molecular formula is C32H42N2OSi. The second kappa shape index (κ2) is 10.8. The van der Waals surface area contributed by atoms with Gasteiger partial charge in [-0.15, -0.1) is 0 Å². The molecule has 190 valence electrons. The largest absolute Gasteiger partial charge is 0.407 e. The first-order valence-electron chi connectivity index (χ1n) is 13.1. The molecule has 0 aliphatic rings. The number of nitrogens with one attached hydrogen (secondary N) is 1. The van der Waals surface area contributed by atoms with E-state index in [4.69, 9.17) is 4.43 Å². The van der Waals surface area contributed by atoms with E-state index in [9.17, 15) is 0 Å². The molecule has 1 N–H and O–H groups in total. The summed E-state index contributed by atoms with van der Waals surface area (Å²) in [6.45, 7) is 16.5. The Hall–Kier alpha value is -2.66. The highest BCUT2D eigenvalue weighted by Crippen LogP contribution is 2.37. The fourth-order valence-electron chi connectivity index (χ4n) is 5.23. The number of hydrogen-bond donors (Lipinski definition) is 1. The number of benzene rings is 3. The quantitative estimate of drug-likeness (QED) is 0.263. The highest BCUT2D eigenvalue weighted by Gasteiger charge is 2.50. The highest BCUT2D eigenvalue weighted by atomic mass is 28.4. The average molecular weight is 499 g/mol. The summed E-state index contributed by atoms with van der Waals surface area (Å²) in [4.78, 5) is 0. The Morgan fingerprint density at radius 2 is 1.33 bits per heavy atom. The Morgan fingerprint density at radius 3 is 1.92 bits per heavy atom. The van der Waals surface area contributed by atoms with Gasteiger partial charge in [0.15, 0.2) is 0 Å². The summed E-state index contributed by atoms with van der Waals surface area (Å²) in [5, 5.41) is 7.75. The van der Waals surface area contributed by atoms with Crippen molar-refractivity contribution in [2.45, 2.75) is 59.2 Å². The lowest BCUT2D eigenvalue weighted by Crippen LogP contribution is -2.67. The molecule has 0 spiro atoms. The zero-order valence-electron chi connectivity index (χ0n) is 22.8. The summed E-state index contributed by atoms with van der Waals surface area (Å²) in [7, 11) is -2.53. The van der Waals surface area contributed by atoms with Gasteiger partial charge < -0.3 is 14.3 Å². The third kappa shape index (κ3) is 5.67. The van der Waals surface area contributed by atoms with Crippen LogP contribution in [0.2, 0.25) is 5.04 Å². The van der Waals surface area contributed by atoms with Crippen LogP contribution in [0.3, 0.4) is 0 Å². The number of hydrogen-bond acceptors (Lipinski definition) is 2. The molecule has 4 rings (SSSR count). The van der Waals surface area contributed by atoms with Crippen molar-refractivity contribution in [3.05, 3.63) is 97.2 Å². The molecular weight excluding hydrogens is 456 g/mol. The SMILES string of the molecule is C[C@H](Cn1ccc2ccccc21)NCC(C)(C)CO[Si](c1ccccc1)(c1ccccc1)C(C)(C)C. The molecule has 0 unspecified atom stereocenters. The van der Waals surface area contributed by atoms with Gasteiger partial charge in [-0.2, -0.15) is 0 Å². The lowest BCUT2D eigenvalue weighted by atomic mass is 9.94. The van der Waals surface area contributed by atoms with E-state index in [0.717, 1.165) is 13.1 Å². The molecule has 0 aliphatic carbocycles. The van der Waals surface area contributed by atoms with E-state index in [1.807, 2.05) is 0 Å². The van der Waals surface area contributed by atoms with E-state index in [-0.39, 0.29) is 10.5 Å².